The lowest BCUT2D eigenvalue weighted by atomic mass is 9.97. The molecule has 0 amide bonds. The summed E-state index contributed by atoms with van der Waals surface area (Å²) in [4.78, 5) is 3.26. The summed E-state index contributed by atoms with van der Waals surface area (Å²) in [6, 6.07) is 9.29. The Morgan fingerprint density at radius 3 is 3.22 bits per heavy atom. The van der Waals surface area contributed by atoms with Gasteiger partial charge in [0, 0.05) is 30.9 Å². The number of H-pyrrole nitrogens is 1. The predicted octanol–water partition coefficient (Wildman–Crippen LogP) is 2.68. The molecule has 2 unspecified atom stereocenters. The largest absolute Gasteiger partial charge is 0.381 e. The average molecular weight is 244 g/mol. The van der Waals surface area contributed by atoms with Crippen LogP contribution in [0.4, 0.5) is 0 Å². The van der Waals surface area contributed by atoms with E-state index in [1.54, 1.807) is 0 Å². The first-order chi connectivity index (χ1) is 8.83. The van der Waals surface area contributed by atoms with Gasteiger partial charge < -0.3 is 15.0 Å². The maximum absolute atomic E-state index is 5.47. The van der Waals surface area contributed by atoms with Crippen LogP contribution in [0.25, 0.3) is 10.9 Å². The number of rotatable bonds is 3. The minimum atomic E-state index is 0.582. The molecule has 96 valence electrons. The summed E-state index contributed by atoms with van der Waals surface area (Å²) in [5.74, 6) is 0.605. The molecule has 0 spiro atoms. The Bertz CT molecular complexity index is 520. The molecule has 0 saturated carbocycles. The molecule has 3 nitrogen and oxygen atoms in total. The van der Waals surface area contributed by atoms with Crippen LogP contribution < -0.4 is 5.32 Å². The highest BCUT2D eigenvalue weighted by Gasteiger charge is 2.20. The maximum Gasteiger partial charge on any atom is 0.0506 e. The molecule has 1 saturated heterocycles. The minimum Gasteiger partial charge on any atom is -0.381 e. The molecule has 2 aromatic rings. The van der Waals surface area contributed by atoms with Gasteiger partial charge in [-0.15, -0.1) is 0 Å². The van der Waals surface area contributed by atoms with Crippen LogP contribution in [0.5, 0.6) is 0 Å². The second kappa shape index (κ2) is 5.12. The van der Waals surface area contributed by atoms with E-state index < -0.39 is 0 Å². The number of ether oxygens (including phenoxy) is 1. The summed E-state index contributed by atoms with van der Waals surface area (Å²) in [5.41, 5.74) is 2.55. The van der Waals surface area contributed by atoms with Gasteiger partial charge in [-0.3, -0.25) is 0 Å². The lowest BCUT2D eigenvalue weighted by Gasteiger charge is -2.29. The first kappa shape index (κ1) is 11.8. The highest BCUT2D eigenvalue weighted by Crippen LogP contribution is 2.17. The minimum absolute atomic E-state index is 0.582. The molecule has 3 heteroatoms. The van der Waals surface area contributed by atoms with Crippen molar-refractivity contribution in [3.63, 3.8) is 0 Å². The van der Waals surface area contributed by atoms with Gasteiger partial charge in [0.1, 0.15) is 0 Å². The number of hydrogen-bond acceptors (Lipinski definition) is 2. The smallest absolute Gasteiger partial charge is 0.0506 e. The maximum atomic E-state index is 5.47. The molecule has 2 atom stereocenters. The van der Waals surface area contributed by atoms with Crippen molar-refractivity contribution >= 4 is 10.9 Å². The normalized spacial score (nSPS) is 24.5. The molecule has 0 radical (unpaired) electrons. The van der Waals surface area contributed by atoms with Crippen LogP contribution >= 0.6 is 0 Å². The summed E-state index contributed by atoms with van der Waals surface area (Å²) in [5, 5.41) is 4.93. The molecule has 1 aliphatic heterocycles. The molecule has 1 fully saturated rings. The van der Waals surface area contributed by atoms with Crippen molar-refractivity contribution in [3.8, 4) is 0 Å². The second-order valence-electron chi connectivity index (χ2n) is 5.23. The number of benzene rings is 1. The van der Waals surface area contributed by atoms with Crippen molar-refractivity contribution in [1.82, 2.24) is 10.3 Å². The molecule has 1 aromatic carbocycles. The Hall–Kier alpha value is -1.32. The van der Waals surface area contributed by atoms with Crippen molar-refractivity contribution in [3.05, 3.63) is 36.0 Å². The average Bonchev–Trinajstić information content (AvgIpc) is 2.85. The number of fused-ring (bicyclic) bond motifs is 1. The fourth-order valence-corrected chi connectivity index (χ4v) is 2.64. The van der Waals surface area contributed by atoms with Crippen molar-refractivity contribution in [1.29, 1.82) is 0 Å². The van der Waals surface area contributed by atoms with Crippen LogP contribution in [0, 0.1) is 5.92 Å². The van der Waals surface area contributed by atoms with Gasteiger partial charge in [0.15, 0.2) is 0 Å². The van der Waals surface area contributed by atoms with E-state index >= 15 is 0 Å². The van der Waals surface area contributed by atoms with Crippen LogP contribution in [0.15, 0.2) is 30.5 Å². The molecule has 1 aliphatic rings. The zero-order valence-corrected chi connectivity index (χ0v) is 10.8. The van der Waals surface area contributed by atoms with Gasteiger partial charge in [-0.25, -0.2) is 0 Å². The van der Waals surface area contributed by atoms with Gasteiger partial charge in [0.05, 0.1) is 6.61 Å². The van der Waals surface area contributed by atoms with Crippen LogP contribution in [0.1, 0.15) is 18.9 Å². The molecule has 0 bridgehead atoms. The lowest BCUT2D eigenvalue weighted by molar-refractivity contribution is 0.0386. The molecule has 2 N–H and O–H groups in total. The Balaban J connectivity index is 1.65. The highest BCUT2D eigenvalue weighted by atomic mass is 16.5. The fourth-order valence-electron chi connectivity index (χ4n) is 2.64. The van der Waals surface area contributed by atoms with Crippen molar-refractivity contribution in [2.75, 3.05) is 13.2 Å². The molecular weight excluding hydrogens is 224 g/mol. The summed E-state index contributed by atoms with van der Waals surface area (Å²) in [6.45, 7) is 4.96. The number of aromatic nitrogens is 1. The van der Waals surface area contributed by atoms with Crippen LogP contribution in [-0.2, 0) is 11.3 Å². The van der Waals surface area contributed by atoms with E-state index in [1.165, 1.54) is 16.5 Å². The summed E-state index contributed by atoms with van der Waals surface area (Å²) in [7, 11) is 0. The van der Waals surface area contributed by atoms with Gasteiger partial charge >= 0.3 is 0 Å². The van der Waals surface area contributed by atoms with Crippen LogP contribution in [-0.4, -0.2) is 24.2 Å². The molecule has 2 heterocycles. The second-order valence-corrected chi connectivity index (χ2v) is 5.23. The van der Waals surface area contributed by atoms with Gasteiger partial charge in [0.25, 0.3) is 0 Å². The summed E-state index contributed by atoms with van der Waals surface area (Å²) < 4.78 is 5.47. The first-order valence-electron chi connectivity index (χ1n) is 6.70. The third-order valence-electron chi connectivity index (χ3n) is 3.83. The quantitative estimate of drug-likeness (QED) is 0.871. The van der Waals surface area contributed by atoms with E-state index in [9.17, 15) is 0 Å². The van der Waals surface area contributed by atoms with Gasteiger partial charge in [-0.2, -0.15) is 0 Å². The number of nitrogens with one attached hydrogen (secondary N) is 2. The van der Waals surface area contributed by atoms with E-state index in [0.29, 0.717) is 12.0 Å². The lowest BCUT2D eigenvalue weighted by Crippen LogP contribution is -2.40. The molecule has 3 rings (SSSR count). The molecular formula is C15H20N2O. The zero-order valence-electron chi connectivity index (χ0n) is 10.8. The molecule has 1 aromatic heterocycles. The topological polar surface area (TPSA) is 37.0 Å². The van der Waals surface area contributed by atoms with E-state index in [-0.39, 0.29) is 0 Å². The fraction of sp³-hybridized carbons (Fsp3) is 0.467. The highest BCUT2D eigenvalue weighted by molar-refractivity contribution is 5.79. The zero-order chi connectivity index (χ0) is 12.4. The van der Waals surface area contributed by atoms with E-state index in [1.807, 2.05) is 6.20 Å². The Morgan fingerprint density at radius 2 is 2.33 bits per heavy atom. The molecule has 18 heavy (non-hydrogen) atoms. The van der Waals surface area contributed by atoms with E-state index in [4.69, 9.17) is 4.74 Å². The van der Waals surface area contributed by atoms with Crippen LogP contribution in [0.3, 0.4) is 0 Å². The van der Waals surface area contributed by atoms with E-state index in [2.05, 4.69) is 41.5 Å². The van der Waals surface area contributed by atoms with Gasteiger partial charge in [-0.05, 0) is 35.4 Å². The predicted molar refractivity (Wildman–Crippen MR) is 73.5 cm³/mol. The molecule has 0 aliphatic carbocycles. The van der Waals surface area contributed by atoms with E-state index in [0.717, 1.165) is 26.2 Å². The standard InChI is InChI=1S/C15H20N2O/c1-11-10-18-7-5-14(11)17-9-12-2-3-13-4-6-16-15(13)8-12/h2-4,6,8,11,14,16-17H,5,7,9-10H2,1H3. The summed E-state index contributed by atoms with van der Waals surface area (Å²) in [6.07, 6.45) is 3.11. The van der Waals surface area contributed by atoms with Crippen LogP contribution in [0.2, 0.25) is 0 Å². The Morgan fingerprint density at radius 1 is 1.39 bits per heavy atom. The number of hydrogen-bond donors (Lipinski definition) is 2. The van der Waals surface area contributed by atoms with Crippen molar-refractivity contribution in [2.24, 2.45) is 5.92 Å². The SMILES string of the molecule is CC1COCCC1NCc1ccc2cc[nH]c2c1. The van der Waals surface area contributed by atoms with Crippen molar-refractivity contribution < 1.29 is 4.74 Å². The Labute approximate surface area is 108 Å². The third kappa shape index (κ3) is 2.42. The third-order valence-corrected chi connectivity index (χ3v) is 3.83. The number of aromatic amines is 1. The first-order valence-corrected chi connectivity index (χ1v) is 6.70. The monoisotopic (exact) mass is 244 g/mol. The van der Waals surface area contributed by atoms with Gasteiger partial charge in [-0.1, -0.05) is 19.1 Å². The summed E-state index contributed by atoms with van der Waals surface area (Å²) >= 11 is 0. The Kier molecular flexibility index (Phi) is 3.35. The van der Waals surface area contributed by atoms with Gasteiger partial charge in [0.2, 0.25) is 0 Å². The van der Waals surface area contributed by atoms with Crippen molar-refractivity contribution in [2.45, 2.75) is 25.9 Å².